The fraction of sp³-hybridized carbons (Fsp3) is 0.600. The number of rotatable bonds is 5. The lowest BCUT2D eigenvalue weighted by Crippen LogP contribution is -1.93. The minimum atomic E-state index is -0.317. The van der Waals surface area contributed by atoms with E-state index in [0.717, 1.165) is 25.5 Å². The Morgan fingerprint density at radius 2 is 2.38 bits per heavy atom. The Balaban J connectivity index is 2.05. The number of hydrogen-bond donors (Lipinski definition) is 0. The molecule has 0 bridgehead atoms. The summed E-state index contributed by atoms with van der Waals surface area (Å²) in [7, 11) is 1.36. The number of carbonyl (C=O) groups excluding carboxylic acids is 2. The topological polar surface area (TPSA) is 43.4 Å². The molecule has 0 spiro atoms. The largest absolute Gasteiger partial charge is 0.466 e. The smallest absolute Gasteiger partial charge is 0.330 e. The summed E-state index contributed by atoms with van der Waals surface area (Å²) in [6, 6.07) is 0. The number of aldehydes is 1. The summed E-state index contributed by atoms with van der Waals surface area (Å²) in [6.45, 7) is 0. The molecule has 1 aliphatic carbocycles. The molecule has 2 atom stereocenters. The van der Waals surface area contributed by atoms with E-state index in [9.17, 15) is 9.59 Å². The molecule has 0 amide bonds. The molecule has 13 heavy (non-hydrogen) atoms. The van der Waals surface area contributed by atoms with Crippen LogP contribution in [0.3, 0.4) is 0 Å². The van der Waals surface area contributed by atoms with Crippen LogP contribution in [0.5, 0.6) is 0 Å². The van der Waals surface area contributed by atoms with Gasteiger partial charge in [0.2, 0.25) is 0 Å². The lowest BCUT2D eigenvalue weighted by molar-refractivity contribution is -0.134. The second kappa shape index (κ2) is 4.80. The van der Waals surface area contributed by atoms with Gasteiger partial charge in [-0.25, -0.2) is 4.79 Å². The third-order valence-corrected chi connectivity index (χ3v) is 2.31. The highest BCUT2D eigenvalue weighted by molar-refractivity contribution is 5.81. The maximum atomic E-state index is 10.6. The standard InChI is InChI=1S/C10H14O3/c1-13-10(12)5-3-2-4-8-6-9(8)7-11/h3,5,7-9H,2,4,6H2,1H3/b5-3+/t8-,9+/m0/s1. The van der Waals surface area contributed by atoms with E-state index in [-0.39, 0.29) is 11.9 Å². The number of allylic oxidation sites excluding steroid dienone is 1. The van der Waals surface area contributed by atoms with Gasteiger partial charge in [0.05, 0.1) is 7.11 Å². The van der Waals surface area contributed by atoms with Crippen molar-refractivity contribution in [3.05, 3.63) is 12.2 Å². The minimum Gasteiger partial charge on any atom is -0.466 e. The molecule has 3 nitrogen and oxygen atoms in total. The summed E-state index contributed by atoms with van der Waals surface area (Å²) in [5.74, 6) is 0.522. The first-order valence-electron chi connectivity index (χ1n) is 4.47. The van der Waals surface area contributed by atoms with Gasteiger partial charge in [-0.1, -0.05) is 6.08 Å². The van der Waals surface area contributed by atoms with Crippen LogP contribution in [0.4, 0.5) is 0 Å². The zero-order valence-corrected chi connectivity index (χ0v) is 7.73. The first-order valence-corrected chi connectivity index (χ1v) is 4.47. The van der Waals surface area contributed by atoms with Crippen LogP contribution >= 0.6 is 0 Å². The van der Waals surface area contributed by atoms with Gasteiger partial charge in [-0.3, -0.25) is 0 Å². The molecule has 0 aromatic heterocycles. The molecular formula is C10H14O3. The SMILES string of the molecule is COC(=O)/C=C/CC[C@H]1C[C@@H]1C=O. The Morgan fingerprint density at radius 1 is 1.62 bits per heavy atom. The van der Waals surface area contributed by atoms with Gasteiger partial charge in [-0.15, -0.1) is 0 Å². The van der Waals surface area contributed by atoms with E-state index in [4.69, 9.17) is 0 Å². The normalized spacial score (nSPS) is 25.9. The maximum absolute atomic E-state index is 10.6. The van der Waals surface area contributed by atoms with Crippen LogP contribution < -0.4 is 0 Å². The van der Waals surface area contributed by atoms with Crippen molar-refractivity contribution in [2.45, 2.75) is 19.3 Å². The van der Waals surface area contributed by atoms with Crippen LogP contribution in [0.1, 0.15) is 19.3 Å². The number of esters is 1. The summed E-state index contributed by atoms with van der Waals surface area (Å²) < 4.78 is 4.43. The van der Waals surface area contributed by atoms with E-state index in [1.54, 1.807) is 6.08 Å². The molecule has 0 aromatic rings. The number of carbonyl (C=O) groups is 2. The van der Waals surface area contributed by atoms with Crippen molar-refractivity contribution in [2.24, 2.45) is 11.8 Å². The van der Waals surface area contributed by atoms with E-state index in [0.29, 0.717) is 5.92 Å². The number of methoxy groups -OCH3 is 1. The zero-order valence-electron chi connectivity index (χ0n) is 7.73. The Labute approximate surface area is 77.8 Å². The van der Waals surface area contributed by atoms with Crippen molar-refractivity contribution in [3.63, 3.8) is 0 Å². The molecule has 1 aliphatic rings. The third kappa shape index (κ3) is 3.40. The van der Waals surface area contributed by atoms with Crippen molar-refractivity contribution >= 4 is 12.3 Å². The van der Waals surface area contributed by atoms with Crippen LogP contribution in [0, 0.1) is 11.8 Å². The molecule has 72 valence electrons. The summed E-state index contributed by atoms with van der Waals surface area (Å²) >= 11 is 0. The van der Waals surface area contributed by atoms with E-state index in [1.807, 2.05) is 0 Å². The van der Waals surface area contributed by atoms with E-state index in [2.05, 4.69) is 4.74 Å². The van der Waals surface area contributed by atoms with Crippen LogP contribution in [-0.2, 0) is 14.3 Å². The highest BCUT2D eigenvalue weighted by Crippen LogP contribution is 2.40. The fourth-order valence-electron chi connectivity index (χ4n) is 1.33. The molecule has 3 heteroatoms. The second-order valence-corrected chi connectivity index (χ2v) is 3.30. The summed E-state index contributed by atoms with van der Waals surface area (Å²) in [5.41, 5.74) is 0. The lowest BCUT2D eigenvalue weighted by atomic mass is 10.2. The predicted octanol–water partition coefficient (Wildman–Crippen LogP) is 1.33. The molecule has 0 unspecified atom stereocenters. The summed E-state index contributed by atoms with van der Waals surface area (Å²) in [6.07, 6.45) is 7.12. The molecule has 0 aromatic carbocycles. The van der Waals surface area contributed by atoms with Gasteiger partial charge < -0.3 is 9.53 Å². The Kier molecular flexibility index (Phi) is 3.68. The van der Waals surface area contributed by atoms with E-state index in [1.165, 1.54) is 13.2 Å². The van der Waals surface area contributed by atoms with Crippen molar-refractivity contribution in [1.82, 2.24) is 0 Å². The molecule has 1 fully saturated rings. The van der Waals surface area contributed by atoms with Crippen LogP contribution in [0.2, 0.25) is 0 Å². The average Bonchev–Trinajstić information content (AvgIpc) is 2.90. The Hall–Kier alpha value is -1.12. The summed E-state index contributed by atoms with van der Waals surface area (Å²) in [4.78, 5) is 20.9. The van der Waals surface area contributed by atoms with Crippen LogP contribution in [0.25, 0.3) is 0 Å². The third-order valence-electron chi connectivity index (χ3n) is 2.31. The van der Waals surface area contributed by atoms with E-state index < -0.39 is 0 Å². The average molecular weight is 182 g/mol. The first kappa shape index (κ1) is 9.96. The first-order chi connectivity index (χ1) is 6.27. The molecule has 1 rings (SSSR count). The van der Waals surface area contributed by atoms with Gasteiger partial charge in [-0.2, -0.15) is 0 Å². The van der Waals surface area contributed by atoms with Gasteiger partial charge in [0.25, 0.3) is 0 Å². The van der Waals surface area contributed by atoms with Gasteiger partial charge in [0, 0.05) is 12.0 Å². The van der Waals surface area contributed by atoms with Crippen molar-refractivity contribution in [1.29, 1.82) is 0 Å². The fourth-order valence-corrected chi connectivity index (χ4v) is 1.33. The number of ether oxygens (including phenoxy) is 1. The molecular weight excluding hydrogens is 168 g/mol. The second-order valence-electron chi connectivity index (χ2n) is 3.30. The molecule has 0 N–H and O–H groups in total. The Bertz CT molecular complexity index is 220. The number of hydrogen-bond acceptors (Lipinski definition) is 3. The molecule has 1 saturated carbocycles. The van der Waals surface area contributed by atoms with Crippen LogP contribution in [0.15, 0.2) is 12.2 Å². The van der Waals surface area contributed by atoms with Gasteiger partial charge >= 0.3 is 5.97 Å². The molecule has 0 radical (unpaired) electrons. The highest BCUT2D eigenvalue weighted by Gasteiger charge is 2.35. The van der Waals surface area contributed by atoms with E-state index >= 15 is 0 Å². The van der Waals surface area contributed by atoms with Crippen molar-refractivity contribution in [2.75, 3.05) is 7.11 Å². The summed E-state index contributed by atoms with van der Waals surface area (Å²) in [5, 5.41) is 0. The maximum Gasteiger partial charge on any atom is 0.330 e. The zero-order chi connectivity index (χ0) is 9.68. The monoisotopic (exact) mass is 182 g/mol. The predicted molar refractivity (Wildman–Crippen MR) is 48.1 cm³/mol. The quantitative estimate of drug-likeness (QED) is 0.366. The molecule has 0 saturated heterocycles. The minimum absolute atomic E-state index is 0.284. The molecule has 0 aliphatic heterocycles. The van der Waals surface area contributed by atoms with Gasteiger partial charge in [0.15, 0.2) is 0 Å². The van der Waals surface area contributed by atoms with Gasteiger partial charge in [-0.05, 0) is 25.2 Å². The van der Waals surface area contributed by atoms with Crippen molar-refractivity contribution < 1.29 is 14.3 Å². The van der Waals surface area contributed by atoms with Crippen LogP contribution in [-0.4, -0.2) is 19.4 Å². The van der Waals surface area contributed by atoms with Crippen molar-refractivity contribution in [3.8, 4) is 0 Å². The Morgan fingerprint density at radius 3 is 2.92 bits per heavy atom. The lowest BCUT2D eigenvalue weighted by Gasteiger charge is -1.91. The molecule has 0 heterocycles. The highest BCUT2D eigenvalue weighted by atomic mass is 16.5. The van der Waals surface area contributed by atoms with Gasteiger partial charge in [0.1, 0.15) is 6.29 Å².